The number of hydrogen-bond donors (Lipinski definition) is 0. The van der Waals surface area contributed by atoms with E-state index in [1.54, 1.807) is 12.3 Å². The SMILES string of the molecule is Cc1csc(=O)n1CCC(=O)C(C#N)c1ccc(F)cn1. The molecule has 21 heavy (non-hydrogen) atoms. The van der Waals surface area contributed by atoms with Crippen molar-refractivity contribution < 1.29 is 9.18 Å². The maximum atomic E-state index is 12.8. The first-order chi connectivity index (χ1) is 10.0. The van der Waals surface area contributed by atoms with Crippen LogP contribution in [0.4, 0.5) is 4.39 Å². The average molecular weight is 305 g/mol. The Morgan fingerprint density at radius 3 is 2.86 bits per heavy atom. The molecule has 1 unspecified atom stereocenters. The van der Waals surface area contributed by atoms with Gasteiger partial charge in [-0.05, 0) is 19.1 Å². The lowest BCUT2D eigenvalue weighted by molar-refractivity contribution is -0.119. The third-order valence-corrected chi connectivity index (χ3v) is 3.94. The Morgan fingerprint density at radius 1 is 1.57 bits per heavy atom. The highest BCUT2D eigenvalue weighted by molar-refractivity contribution is 7.07. The highest BCUT2D eigenvalue weighted by Gasteiger charge is 2.21. The van der Waals surface area contributed by atoms with Crippen molar-refractivity contribution in [3.63, 3.8) is 0 Å². The molecule has 0 spiro atoms. The lowest BCUT2D eigenvalue weighted by Gasteiger charge is -2.08. The fourth-order valence-corrected chi connectivity index (χ4v) is 2.66. The number of ketones is 1. The summed E-state index contributed by atoms with van der Waals surface area (Å²) < 4.78 is 14.3. The predicted octanol–water partition coefficient (Wildman–Crippen LogP) is 2.02. The second-order valence-electron chi connectivity index (χ2n) is 4.47. The molecule has 2 heterocycles. The molecule has 0 N–H and O–H groups in total. The molecule has 0 radical (unpaired) electrons. The molecule has 5 nitrogen and oxygen atoms in total. The summed E-state index contributed by atoms with van der Waals surface area (Å²) in [6.45, 7) is 2.01. The van der Waals surface area contributed by atoms with Crippen LogP contribution in [0.5, 0.6) is 0 Å². The zero-order chi connectivity index (χ0) is 15.4. The minimum absolute atomic E-state index is 0.0504. The number of carbonyl (C=O) groups is 1. The summed E-state index contributed by atoms with van der Waals surface area (Å²) in [6.07, 6.45) is 1.02. The number of hydrogen-bond acceptors (Lipinski definition) is 5. The second kappa shape index (κ2) is 6.41. The van der Waals surface area contributed by atoms with Crippen LogP contribution >= 0.6 is 11.3 Å². The van der Waals surface area contributed by atoms with Gasteiger partial charge in [-0.25, -0.2) is 4.39 Å². The first kappa shape index (κ1) is 15.1. The number of Topliss-reactive ketones (excluding diaryl/α,β-unsaturated/α-hetero) is 1. The van der Waals surface area contributed by atoms with Crippen LogP contribution in [-0.4, -0.2) is 15.3 Å². The van der Waals surface area contributed by atoms with E-state index >= 15 is 0 Å². The Balaban J connectivity index is 2.10. The van der Waals surface area contributed by atoms with E-state index in [9.17, 15) is 14.0 Å². The van der Waals surface area contributed by atoms with E-state index in [1.165, 1.54) is 10.6 Å². The molecule has 1 atom stereocenters. The first-order valence-corrected chi connectivity index (χ1v) is 7.09. The molecule has 2 aromatic heterocycles. The summed E-state index contributed by atoms with van der Waals surface area (Å²) in [5.74, 6) is -1.90. The summed E-state index contributed by atoms with van der Waals surface area (Å²) in [5.41, 5.74) is 1.00. The van der Waals surface area contributed by atoms with E-state index in [0.29, 0.717) is 0 Å². The molecule has 2 aromatic rings. The molecule has 0 aliphatic rings. The van der Waals surface area contributed by atoms with Gasteiger partial charge < -0.3 is 4.57 Å². The summed E-state index contributed by atoms with van der Waals surface area (Å²) in [5, 5.41) is 10.8. The highest BCUT2D eigenvalue weighted by atomic mass is 32.1. The fourth-order valence-electron chi connectivity index (χ4n) is 1.90. The Morgan fingerprint density at radius 2 is 2.33 bits per heavy atom. The van der Waals surface area contributed by atoms with Gasteiger partial charge in [0, 0.05) is 24.0 Å². The zero-order valence-corrected chi connectivity index (χ0v) is 12.1. The largest absolute Gasteiger partial charge is 0.307 e. The third kappa shape index (κ3) is 3.41. The van der Waals surface area contributed by atoms with E-state index in [0.717, 1.165) is 29.3 Å². The van der Waals surface area contributed by atoms with Gasteiger partial charge in [0.2, 0.25) is 0 Å². The number of halogens is 1. The lowest BCUT2D eigenvalue weighted by atomic mass is 9.99. The number of nitrogens with zero attached hydrogens (tertiary/aromatic N) is 3. The Bertz CT molecular complexity index is 743. The topological polar surface area (TPSA) is 75.8 Å². The number of rotatable bonds is 5. The molecule has 0 aliphatic heterocycles. The molecule has 7 heteroatoms. The second-order valence-corrected chi connectivity index (χ2v) is 5.29. The number of pyridine rings is 1. The maximum absolute atomic E-state index is 12.8. The Kier molecular flexibility index (Phi) is 4.60. The standard InChI is InChI=1S/C14H12FN3O2S/c1-9-8-21-14(20)18(9)5-4-13(19)11(6-16)12-3-2-10(15)7-17-12/h2-3,7-8,11H,4-5H2,1H3. The maximum Gasteiger partial charge on any atom is 0.307 e. The summed E-state index contributed by atoms with van der Waals surface area (Å²) >= 11 is 1.07. The predicted molar refractivity (Wildman–Crippen MR) is 75.5 cm³/mol. The van der Waals surface area contributed by atoms with Gasteiger partial charge in [0.25, 0.3) is 0 Å². The quantitative estimate of drug-likeness (QED) is 0.847. The van der Waals surface area contributed by atoms with Crippen molar-refractivity contribution in [1.29, 1.82) is 5.26 Å². The number of aromatic nitrogens is 2. The van der Waals surface area contributed by atoms with Crippen molar-refractivity contribution in [3.05, 3.63) is 50.6 Å². The smallest absolute Gasteiger partial charge is 0.303 e. The number of aryl methyl sites for hydroxylation is 1. The van der Waals surface area contributed by atoms with Gasteiger partial charge in [-0.2, -0.15) is 5.26 Å². The number of thiazole rings is 1. The normalized spacial score (nSPS) is 11.9. The van der Waals surface area contributed by atoms with E-state index in [1.807, 2.05) is 6.07 Å². The fraction of sp³-hybridized carbons (Fsp3) is 0.286. The van der Waals surface area contributed by atoms with Crippen molar-refractivity contribution in [3.8, 4) is 6.07 Å². The van der Waals surface area contributed by atoms with Crippen LogP contribution in [0.3, 0.4) is 0 Å². The molecule has 0 amide bonds. The van der Waals surface area contributed by atoms with E-state index in [4.69, 9.17) is 5.26 Å². The molecule has 0 fully saturated rings. The Labute approximate surface area is 124 Å². The third-order valence-electron chi connectivity index (χ3n) is 3.06. The van der Waals surface area contributed by atoms with Crippen molar-refractivity contribution in [2.45, 2.75) is 25.8 Å². The van der Waals surface area contributed by atoms with Crippen molar-refractivity contribution in [1.82, 2.24) is 9.55 Å². The van der Waals surface area contributed by atoms with Gasteiger partial charge in [-0.3, -0.25) is 14.6 Å². The molecule has 0 saturated carbocycles. The van der Waals surface area contributed by atoms with Crippen LogP contribution in [0.1, 0.15) is 23.7 Å². The first-order valence-electron chi connectivity index (χ1n) is 6.21. The summed E-state index contributed by atoms with van der Waals surface area (Å²) in [7, 11) is 0. The van der Waals surface area contributed by atoms with Gasteiger partial charge >= 0.3 is 4.87 Å². The molecule has 0 bridgehead atoms. The van der Waals surface area contributed by atoms with Gasteiger partial charge in [0.05, 0.1) is 18.0 Å². The molecule has 0 saturated heterocycles. The zero-order valence-electron chi connectivity index (χ0n) is 11.2. The van der Waals surface area contributed by atoms with E-state index < -0.39 is 11.7 Å². The van der Waals surface area contributed by atoms with Gasteiger partial charge in [0.1, 0.15) is 11.7 Å². The van der Waals surface area contributed by atoms with Gasteiger partial charge in [0.15, 0.2) is 5.78 Å². The van der Waals surface area contributed by atoms with Crippen LogP contribution in [0, 0.1) is 24.1 Å². The molecule has 0 aromatic carbocycles. The van der Waals surface area contributed by atoms with Crippen LogP contribution in [0.2, 0.25) is 0 Å². The average Bonchev–Trinajstić information content (AvgIpc) is 2.78. The van der Waals surface area contributed by atoms with Crippen LogP contribution in [-0.2, 0) is 11.3 Å². The minimum Gasteiger partial charge on any atom is -0.303 e. The monoisotopic (exact) mass is 305 g/mol. The number of carbonyl (C=O) groups excluding carboxylic acids is 1. The molecule has 108 valence electrons. The van der Waals surface area contributed by atoms with E-state index in [2.05, 4.69) is 4.98 Å². The summed E-state index contributed by atoms with van der Waals surface area (Å²) in [4.78, 5) is 27.3. The van der Waals surface area contributed by atoms with Gasteiger partial charge in [-0.15, -0.1) is 0 Å². The Hall–Kier alpha value is -2.33. The van der Waals surface area contributed by atoms with E-state index in [-0.39, 0.29) is 29.3 Å². The lowest BCUT2D eigenvalue weighted by Crippen LogP contribution is -2.20. The van der Waals surface area contributed by atoms with Crippen molar-refractivity contribution in [2.75, 3.05) is 0 Å². The van der Waals surface area contributed by atoms with Crippen LogP contribution in [0.25, 0.3) is 0 Å². The minimum atomic E-state index is -1.04. The van der Waals surface area contributed by atoms with Crippen LogP contribution in [0.15, 0.2) is 28.5 Å². The molecule has 2 rings (SSSR count). The summed E-state index contributed by atoms with van der Waals surface area (Å²) in [6, 6.07) is 4.36. The molecule has 0 aliphatic carbocycles. The van der Waals surface area contributed by atoms with Crippen molar-refractivity contribution >= 4 is 17.1 Å². The molecular formula is C14H12FN3O2S. The van der Waals surface area contributed by atoms with Crippen molar-refractivity contribution in [2.24, 2.45) is 0 Å². The highest BCUT2D eigenvalue weighted by Crippen LogP contribution is 2.16. The molecular weight excluding hydrogens is 293 g/mol. The number of nitriles is 1. The van der Waals surface area contributed by atoms with Gasteiger partial charge in [-0.1, -0.05) is 11.3 Å². The van der Waals surface area contributed by atoms with Crippen LogP contribution < -0.4 is 4.87 Å².